The number of methoxy groups -OCH3 is 1. The SMILES string of the molecule is COc1ccc(/C=C2\N=C(SCC#N)N(Cc3ccccc3)C2=O)cc1. The number of amidine groups is 1. The number of nitrogens with zero attached hydrogens (tertiary/aromatic N) is 3. The van der Waals surface area contributed by atoms with Crippen LogP contribution in [0, 0.1) is 11.3 Å². The molecular formula is C20H17N3O2S. The maximum Gasteiger partial charge on any atom is 0.278 e. The van der Waals surface area contributed by atoms with Crippen LogP contribution in [-0.2, 0) is 11.3 Å². The monoisotopic (exact) mass is 363 g/mol. The Kier molecular flexibility index (Phi) is 5.72. The van der Waals surface area contributed by atoms with Gasteiger partial charge in [0, 0.05) is 0 Å². The number of amides is 1. The van der Waals surface area contributed by atoms with Crippen molar-refractivity contribution in [3.63, 3.8) is 0 Å². The summed E-state index contributed by atoms with van der Waals surface area (Å²) in [7, 11) is 1.61. The van der Waals surface area contributed by atoms with Gasteiger partial charge in [-0.05, 0) is 29.3 Å². The quantitative estimate of drug-likeness (QED) is 0.760. The Hall–Kier alpha value is -3.04. The van der Waals surface area contributed by atoms with E-state index in [0.717, 1.165) is 16.9 Å². The molecule has 26 heavy (non-hydrogen) atoms. The molecule has 0 fully saturated rings. The highest BCUT2D eigenvalue weighted by molar-refractivity contribution is 8.14. The molecule has 1 amide bonds. The molecular weight excluding hydrogens is 346 g/mol. The van der Waals surface area contributed by atoms with Crippen LogP contribution in [0.15, 0.2) is 65.3 Å². The molecule has 1 aliphatic rings. The molecule has 130 valence electrons. The van der Waals surface area contributed by atoms with Crippen LogP contribution < -0.4 is 4.74 Å². The Balaban J connectivity index is 1.86. The Morgan fingerprint density at radius 2 is 1.92 bits per heavy atom. The first kappa shape index (κ1) is 17.8. The van der Waals surface area contributed by atoms with E-state index < -0.39 is 0 Å². The normalized spacial score (nSPS) is 15.1. The van der Waals surface area contributed by atoms with Gasteiger partial charge in [0.2, 0.25) is 0 Å². The molecule has 0 unspecified atom stereocenters. The molecule has 0 saturated carbocycles. The standard InChI is InChI=1S/C20H17N3O2S/c1-25-17-9-7-15(8-10-17)13-18-19(24)23(20(22-18)26-12-11-21)14-16-5-3-2-4-6-16/h2-10,13H,12,14H2,1H3/b18-13-. The molecule has 0 bridgehead atoms. The minimum absolute atomic E-state index is 0.162. The van der Waals surface area contributed by atoms with Crippen LogP contribution in [0.1, 0.15) is 11.1 Å². The lowest BCUT2D eigenvalue weighted by Gasteiger charge is -2.17. The number of carbonyl (C=O) groups is 1. The summed E-state index contributed by atoms with van der Waals surface area (Å²) in [6.45, 7) is 0.427. The van der Waals surface area contributed by atoms with Gasteiger partial charge in [-0.2, -0.15) is 5.26 Å². The number of hydrogen-bond donors (Lipinski definition) is 0. The van der Waals surface area contributed by atoms with Gasteiger partial charge in [0.1, 0.15) is 11.4 Å². The molecule has 0 N–H and O–H groups in total. The van der Waals surface area contributed by atoms with E-state index in [1.165, 1.54) is 11.8 Å². The van der Waals surface area contributed by atoms with Gasteiger partial charge in [-0.1, -0.05) is 54.2 Å². The molecule has 3 rings (SSSR count). The van der Waals surface area contributed by atoms with Crippen LogP contribution in [0.5, 0.6) is 5.75 Å². The van der Waals surface area contributed by atoms with Crippen molar-refractivity contribution in [2.75, 3.05) is 12.9 Å². The van der Waals surface area contributed by atoms with E-state index in [-0.39, 0.29) is 11.7 Å². The largest absolute Gasteiger partial charge is 0.497 e. The van der Waals surface area contributed by atoms with Gasteiger partial charge in [0.25, 0.3) is 5.91 Å². The smallest absolute Gasteiger partial charge is 0.278 e. The highest BCUT2D eigenvalue weighted by atomic mass is 32.2. The summed E-state index contributed by atoms with van der Waals surface area (Å²) in [5.74, 6) is 0.835. The zero-order valence-corrected chi connectivity index (χ0v) is 15.1. The first-order valence-corrected chi connectivity index (χ1v) is 9.00. The van der Waals surface area contributed by atoms with E-state index in [1.807, 2.05) is 54.6 Å². The third-order valence-corrected chi connectivity index (χ3v) is 4.62. The van der Waals surface area contributed by atoms with E-state index in [9.17, 15) is 4.79 Å². The third-order valence-electron chi connectivity index (χ3n) is 3.78. The molecule has 0 saturated heterocycles. The first-order valence-electron chi connectivity index (χ1n) is 8.01. The number of carbonyl (C=O) groups excluding carboxylic acids is 1. The van der Waals surface area contributed by atoms with Crippen molar-refractivity contribution in [1.82, 2.24) is 4.90 Å². The molecule has 0 atom stereocenters. The summed E-state index contributed by atoms with van der Waals surface area (Å²) in [5, 5.41) is 9.42. The average molecular weight is 363 g/mol. The zero-order valence-electron chi connectivity index (χ0n) is 14.3. The molecule has 2 aromatic rings. The number of benzene rings is 2. The summed E-state index contributed by atoms with van der Waals surface area (Å²) >= 11 is 1.27. The molecule has 5 nitrogen and oxygen atoms in total. The molecule has 0 spiro atoms. The number of thioether (sulfide) groups is 1. The van der Waals surface area contributed by atoms with Gasteiger partial charge in [0.05, 0.1) is 25.5 Å². The molecule has 0 aliphatic carbocycles. The number of nitriles is 1. The first-order chi connectivity index (χ1) is 12.7. The van der Waals surface area contributed by atoms with Gasteiger partial charge in [-0.3, -0.25) is 9.69 Å². The maximum atomic E-state index is 12.8. The second-order valence-corrected chi connectivity index (χ2v) is 6.46. The van der Waals surface area contributed by atoms with Crippen LogP contribution in [0.2, 0.25) is 0 Å². The topological polar surface area (TPSA) is 65.7 Å². The maximum absolute atomic E-state index is 12.8. The number of rotatable bonds is 5. The van der Waals surface area contributed by atoms with Crippen molar-refractivity contribution < 1.29 is 9.53 Å². The number of aliphatic imine (C=N–C) groups is 1. The Bertz CT molecular complexity index is 884. The summed E-state index contributed by atoms with van der Waals surface area (Å²) in [6.07, 6.45) is 1.75. The van der Waals surface area contributed by atoms with Crippen LogP contribution in [0.25, 0.3) is 6.08 Å². The number of ether oxygens (including phenoxy) is 1. The lowest BCUT2D eigenvalue weighted by molar-refractivity contribution is -0.122. The zero-order chi connectivity index (χ0) is 18.4. The second kappa shape index (κ2) is 8.37. The van der Waals surface area contributed by atoms with Crippen molar-refractivity contribution in [1.29, 1.82) is 5.26 Å². The van der Waals surface area contributed by atoms with E-state index in [1.54, 1.807) is 18.1 Å². The van der Waals surface area contributed by atoms with Gasteiger partial charge in [0.15, 0.2) is 5.17 Å². The molecule has 1 aliphatic heterocycles. The molecule has 0 aromatic heterocycles. The van der Waals surface area contributed by atoms with E-state index in [2.05, 4.69) is 11.1 Å². The van der Waals surface area contributed by atoms with E-state index in [0.29, 0.717) is 17.4 Å². The highest BCUT2D eigenvalue weighted by Crippen LogP contribution is 2.26. The van der Waals surface area contributed by atoms with Crippen molar-refractivity contribution in [2.24, 2.45) is 4.99 Å². The summed E-state index contributed by atoms with van der Waals surface area (Å²) in [5.41, 5.74) is 2.24. The van der Waals surface area contributed by atoms with Crippen LogP contribution in [0.4, 0.5) is 0 Å². The predicted octanol–water partition coefficient (Wildman–Crippen LogP) is 3.69. The Morgan fingerprint density at radius 1 is 1.19 bits per heavy atom. The van der Waals surface area contributed by atoms with Crippen molar-refractivity contribution in [3.8, 4) is 11.8 Å². The van der Waals surface area contributed by atoms with Crippen LogP contribution in [-0.4, -0.2) is 28.8 Å². The molecule has 2 aromatic carbocycles. The van der Waals surface area contributed by atoms with E-state index in [4.69, 9.17) is 10.00 Å². The highest BCUT2D eigenvalue weighted by Gasteiger charge is 2.30. The average Bonchev–Trinajstić information content (AvgIpc) is 2.96. The predicted molar refractivity (Wildman–Crippen MR) is 103 cm³/mol. The second-order valence-electron chi connectivity index (χ2n) is 5.52. The van der Waals surface area contributed by atoms with E-state index >= 15 is 0 Å². The van der Waals surface area contributed by atoms with Gasteiger partial charge >= 0.3 is 0 Å². The minimum atomic E-state index is -0.162. The minimum Gasteiger partial charge on any atom is -0.497 e. The van der Waals surface area contributed by atoms with Crippen LogP contribution in [0.3, 0.4) is 0 Å². The summed E-state index contributed by atoms with van der Waals surface area (Å²) < 4.78 is 5.15. The number of hydrogen-bond acceptors (Lipinski definition) is 5. The van der Waals surface area contributed by atoms with Crippen LogP contribution >= 0.6 is 11.8 Å². The lowest BCUT2D eigenvalue weighted by Crippen LogP contribution is -2.30. The van der Waals surface area contributed by atoms with Crippen molar-refractivity contribution in [2.45, 2.75) is 6.54 Å². The molecule has 1 heterocycles. The lowest BCUT2D eigenvalue weighted by atomic mass is 10.1. The fraction of sp³-hybridized carbons (Fsp3) is 0.150. The fourth-order valence-electron chi connectivity index (χ4n) is 2.50. The van der Waals surface area contributed by atoms with Gasteiger partial charge in [-0.15, -0.1) is 0 Å². The third kappa shape index (κ3) is 4.13. The summed E-state index contributed by atoms with van der Waals surface area (Å²) in [4.78, 5) is 18.9. The fourth-order valence-corrected chi connectivity index (χ4v) is 3.16. The molecule has 0 radical (unpaired) electrons. The Labute approximate surface area is 156 Å². The molecule has 6 heteroatoms. The van der Waals surface area contributed by atoms with Gasteiger partial charge in [-0.25, -0.2) is 4.99 Å². The van der Waals surface area contributed by atoms with Crippen molar-refractivity contribution >= 4 is 28.9 Å². The Morgan fingerprint density at radius 3 is 2.58 bits per heavy atom. The van der Waals surface area contributed by atoms with Gasteiger partial charge < -0.3 is 4.74 Å². The van der Waals surface area contributed by atoms with Crippen molar-refractivity contribution in [3.05, 3.63) is 71.4 Å². The summed E-state index contributed by atoms with van der Waals surface area (Å²) in [6, 6.07) is 19.2.